The number of aryl methyl sites for hydroxylation is 2. The van der Waals surface area contributed by atoms with Crippen LogP contribution < -0.4 is 10.6 Å². The topological polar surface area (TPSA) is 62.7 Å². The van der Waals surface area contributed by atoms with Gasteiger partial charge in [-0.3, -0.25) is 4.98 Å². The number of rotatable bonds is 6. The SMILES string of the molecule is CCCc1nc(NC)c(C)c(NCc2ccncc2C)n1. The summed E-state index contributed by atoms with van der Waals surface area (Å²) in [4.78, 5) is 13.3. The number of hydrogen-bond donors (Lipinski definition) is 2. The van der Waals surface area contributed by atoms with Gasteiger partial charge < -0.3 is 10.6 Å². The first-order valence-corrected chi connectivity index (χ1v) is 7.34. The highest BCUT2D eigenvalue weighted by Gasteiger charge is 2.10. The Morgan fingerprint density at radius 2 is 1.90 bits per heavy atom. The number of pyridine rings is 1. The average molecular weight is 285 g/mol. The minimum Gasteiger partial charge on any atom is -0.373 e. The molecule has 0 atom stereocenters. The van der Waals surface area contributed by atoms with E-state index in [0.29, 0.717) is 0 Å². The van der Waals surface area contributed by atoms with Crippen molar-refractivity contribution in [2.75, 3.05) is 17.7 Å². The molecule has 2 aromatic heterocycles. The van der Waals surface area contributed by atoms with Crippen molar-refractivity contribution >= 4 is 11.6 Å². The van der Waals surface area contributed by atoms with E-state index in [4.69, 9.17) is 0 Å². The maximum atomic E-state index is 4.64. The van der Waals surface area contributed by atoms with Crippen LogP contribution in [0.5, 0.6) is 0 Å². The van der Waals surface area contributed by atoms with Crippen LogP contribution in [0.4, 0.5) is 11.6 Å². The Morgan fingerprint density at radius 3 is 2.57 bits per heavy atom. The Morgan fingerprint density at radius 1 is 1.14 bits per heavy atom. The minimum atomic E-state index is 0.737. The van der Waals surface area contributed by atoms with Gasteiger partial charge in [0.1, 0.15) is 17.5 Å². The molecule has 0 aliphatic carbocycles. The quantitative estimate of drug-likeness (QED) is 0.854. The smallest absolute Gasteiger partial charge is 0.135 e. The van der Waals surface area contributed by atoms with Crippen LogP contribution in [0.25, 0.3) is 0 Å². The van der Waals surface area contributed by atoms with Crippen molar-refractivity contribution < 1.29 is 0 Å². The summed E-state index contributed by atoms with van der Waals surface area (Å²) >= 11 is 0. The molecule has 0 amide bonds. The van der Waals surface area contributed by atoms with Crippen molar-refractivity contribution in [3.63, 3.8) is 0 Å². The second-order valence-electron chi connectivity index (χ2n) is 5.12. The molecular weight excluding hydrogens is 262 g/mol. The van der Waals surface area contributed by atoms with Crippen molar-refractivity contribution in [1.82, 2.24) is 15.0 Å². The van der Waals surface area contributed by atoms with Gasteiger partial charge in [0, 0.05) is 38.0 Å². The minimum absolute atomic E-state index is 0.737. The number of nitrogens with one attached hydrogen (secondary N) is 2. The standard InChI is InChI=1S/C16H23N5/c1-5-6-14-20-15(17-4)12(3)16(21-14)19-10-13-7-8-18-9-11(13)2/h7-9H,5-6,10H2,1-4H3,(H2,17,19,20,21). The Bertz CT molecular complexity index is 610. The van der Waals surface area contributed by atoms with Gasteiger partial charge in [-0.1, -0.05) is 6.92 Å². The highest BCUT2D eigenvalue weighted by Crippen LogP contribution is 2.21. The largest absolute Gasteiger partial charge is 0.373 e. The van der Waals surface area contributed by atoms with Gasteiger partial charge in [-0.25, -0.2) is 9.97 Å². The molecular formula is C16H23N5. The molecule has 2 N–H and O–H groups in total. The molecule has 0 saturated heterocycles. The Hall–Kier alpha value is -2.17. The summed E-state index contributed by atoms with van der Waals surface area (Å²) in [5.74, 6) is 2.66. The Labute approximate surface area is 126 Å². The van der Waals surface area contributed by atoms with Crippen LogP contribution in [0, 0.1) is 13.8 Å². The summed E-state index contributed by atoms with van der Waals surface area (Å²) in [5.41, 5.74) is 3.45. The molecule has 5 nitrogen and oxygen atoms in total. The molecule has 0 fully saturated rings. The van der Waals surface area contributed by atoms with Crippen LogP contribution in [0.3, 0.4) is 0 Å². The molecule has 5 heteroatoms. The zero-order chi connectivity index (χ0) is 15.2. The van der Waals surface area contributed by atoms with E-state index in [-0.39, 0.29) is 0 Å². The Balaban J connectivity index is 2.22. The normalized spacial score (nSPS) is 10.5. The lowest BCUT2D eigenvalue weighted by atomic mass is 10.1. The van der Waals surface area contributed by atoms with E-state index in [1.807, 2.05) is 32.4 Å². The van der Waals surface area contributed by atoms with E-state index < -0.39 is 0 Å². The second kappa shape index (κ2) is 7.02. The summed E-state index contributed by atoms with van der Waals surface area (Å²) in [6, 6.07) is 2.03. The van der Waals surface area contributed by atoms with Gasteiger partial charge in [0.15, 0.2) is 0 Å². The fraction of sp³-hybridized carbons (Fsp3) is 0.438. The second-order valence-corrected chi connectivity index (χ2v) is 5.12. The number of aromatic nitrogens is 3. The van der Waals surface area contributed by atoms with Crippen molar-refractivity contribution in [1.29, 1.82) is 0 Å². The molecule has 2 rings (SSSR count). The molecule has 0 aliphatic heterocycles. The van der Waals surface area contributed by atoms with Crippen molar-refractivity contribution in [3.05, 3.63) is 41.0 Å². The fourth-order valence-corrected chi connectivity index (χ4v) is 2.19. The summed E-state index contributed by atoms with van der Waals surface area (Å²) < 4.78 is 0. The number of anilines is 2. The van der Waals surface area contributed by atoms with Crippen molar-refractivity contribution in [2.45, 2.75) is 40.2 Å². The Kier molecular flexibility index (Phi) is 5.09. The van der Waals surface area contributed by atoms with E-state index in [9.17, 15) is 0 Å². The summed E-state index contributed by atoms with van der Waals surface area (Å²) in [7, 11) is 1.89. The highest BCUT2D eigenvalue weighted by molar-refractivity contribution is 5.57. The number of hydrogen-bond acceptors (Lipinski definition) is 5. The van der Waals surface area contributed by atoms with E-state index in [2.05, 4.69) is 39.4 Å². The van der Waals surface area contributed by atoms with Gasteiger partial charge in [-0.05, 0) is 37.5 Å². The van der Waals surface area contributed by atoms with E-state index in [1.165, 1.54) is 11.1 Å². The zero-order valence-corrected chi connectivity index (χ0v) is 13.2. The van der Waals surface area contributed by atoms with Gasteiger partial charge in [0.05, 0.1) is 0 Å². The van der Waals surface area contributed by atoms with Crippen LogP contribution in [-0.4, -0.2) is 22.0 Å². The van der Waals surface area contributed by atoms with Gasteiger partial charge in [0.25, 0.3) is 0 Å². The third kappa shape index (κ3) is 3.68. The van der Waals surface area contributed by atoms with Gasteiger partial charge >= 0.3 is 0 Å². The maximum absolute atomic E-state index is 4.64. The monoisotopic (exact) mass is 285 g/mol. The first-order valence-electron chi connectivity index (χ1n) is 7.34. The molecule has 0 bridgehead atoms. The highest BCUT2D eigenvalue weighted by atomic mass is 15.1. The molecule has 21 heavy (non-hydrogen) atoms. The van der Waals surface area contributed by atoms with E-state index in [0.717, 1.165) is 42.4 Å². The first kappa shape index (κ1) is 15.2. The van der Waals surface area contributed by atoms with Gasteiger partial charge in [-0.15, -0.1) is 0 Å². The summed E-state index contributed by atoms with van der Waals surface area (Å²) in [6.07, 6.45) is 5.62. The molecule has 0 aromatic carbocycles. The summed E-state index contributed by atoms with van der Waals surface area (Å²) in [6.45, 7) is 6.97. The molecule has 112 valence electrons. The van der Waals surface area contributed by atoms with Gasteiger partial charge in [0.2, 0.25) is 0 Å². The van der Waals surface area contributed by atoms with Crippen LogP contribution in [0.15, 0.2) is 18.5 Å². The van der Waals surface area contributed by atoms with E-state index >= 15 is 0 Å². The predicted octanol–water partition coefficient (Wildman–Crippen LogP) is 3.09. The van der Waals surface area contributed by atoms with Crippen molar-refractivity contribution in [3.8, 4) is 0 Å². The number of nitrogens with zero attached hydrogens (tertiary/aromatic N) is 3. The van der Waals surface area contributed by atoms with Crippen LogP contribution in [0.2, 0.25) is 0 Å². The lowest BCUT2D eigenvalue weighted by Crippen LogP contribution is -2.10. The van der Waals surface area contributed by atoms with Crippen LogP contribution in [-0.2, 0) is 13.0 Å². The predicted molar refractivity (Wildman–Crippen MR) is 86.6 cm³/mol. The van der Waals surface area contributed by atoms with E-state index in [1.54, 1.807) is 0 Å². The zero-order valence-electron chi connectivity index (χ0n) is 13.2. The van der Waals surface area contributed by atoms with Gasteiger partial charge in [-0.2, -0.15) is 0 Å². The lowest BCUT2D eigenvalue weighted by Gasteiger charge is -2.14. The molecule has 2 aromatic rings. The lowest BCUT2D eigenvalue weighted by molar-refractivity contribution is 0.831. The average Bonchev–Trinajstić information content (AvgIpc) is 2.49. The maximum Gasteiger partial charge on any atom is 0.135 e. The molecule has 0 saturated carbocycles. The summed E-state index contributed by atoms with van der Waals surface area (Å²) in [5, 5.41) is 6.57. The van der Waals surface area contributed by atoms with Crippen molar-refractivity contribution in [2.24, 2.45) is 0 Å². The van der Waals surface area contributed by atoms with Crippen LogP contribution in [0.1, 0.15) is 35.9 Å². The first-order chi connectivity index (χ1) is 10.2. The molecule has 2 heterocycles. The third-order valence-corrected chi connectivity index (χ3v) is 3.49. The van der Waals surface area contributed by atoms with Crippen LogP contribution >= 0.6 is 0 Å². The third-order valence-electron chi connectivity index (χ3n) is 3.49. The molecule has 0 unspecified atom stereocenters. The molecule has 0 spiro atoms. The fourth-order valence-electron chi connectivity index (χ4n) is 2.19. The molecule has 0 aliphatic rings. The molecule has 0 radical (unpaired) electrons.